The summed E-state index contributed by atoms with van der Waals surface area (Å²) in [7, 11) is 0. The Balaban J connectivity index is 0.913. The van der Waals surface area contributed by atoms with E-state index < -0.39 is 0 Å². The fourth-order valence-electron chi connectivity index (χ4n) is 7.48. The molecule has 0 bridgehead atoms. The molecular weight excluding hydrogens is 536 g/mol. The Hall–Kier alpha value is -3.53. The minimum absolute atomic E-state index is 0.303. The number of nitrogens with one attached hydrogen (secondary N) is 3. The number of rotatable bonds is 9. The number of aromatic nitrogens is 2. The fraction of sp³-hybridized carbons (Fsp3) is 0.500. The third-order valence-electron chi connectivity index (χ3n) is 10.3. The van der Waals surface area contributed by atoms with E-state index in [9.17, 15) is 0 Å². The molecule has 1 spiro atoms. The van der Waals surface area contributed by atoms with Gasteiger partial charge in [-0.15, -0.1) is 0 Å². The molecule has 4 fully saturated rings. The summed E-state index contributed by atoms with van der Waals surface area (Å²) >= 11 is 0. The fourth-order valence-corrected chi connectivity index (χ4v) is 7.48. The molecule has 0 unspecified atom stereocenters. The van der Waals surface area contributed by atoms with Gasteiger partial charge >= 0.3 is 0 Å². The van der Waals surface area contributed by atoms with Gasteiger partial charge in [0.1, 0.15) is 29.5 Å². The molecule has 1 aliphatic carbocycles. The lowest BCUT2D eigenvalue weighted by molar-refractivity contribution is -0.0511. The molecule has 5 N–H and O–H groups in total. The van der Waals surface area contributed by atoms with Crippen molar-refractivity contribution in [3.8, 4) is 11.5 Å². The number of likely N-dealkylation sites (tertiary alicyclic amines) is 2. The number of nitrogens with zero attached hydrogens (tertiary/aromatic N) is 4. The third-order valence-corrected chi connectivity index (χ3v) is 10.3. The summed E-state index contributed by atoms with van der Waals surface area (Å²) in [5.41, 5.74) is 8.53. The lowest BCUT2D eigenvalue weighted by Gasteiger charge is -2.56. The van der Waals surface area contributed by atoms with Crippen molar-refractivity contribution >= 4 is 17.3 Å². The van der Waals surface area contributed by atoms with Gasteiger partial charge < -0.3 is 30.9 Å². The Bertz CT molecular complexity index is 1390. The predicted octanol–water partition coefficient (Wildman–Crippen LogP) is 4.61. The summed E-state index contributed by atoms with van der Waals surface area (Å²) in [4.78, 5) is 14.2. The van der Waals surface area contributed by atoms with Gasteiger partial charge in [-0.25, -0.2) is 9.97 Å². The van der Waals surface area contributed by atoms with E-state index in [-0.39, 0.29) is 0 Å². The Kier molecular flexibility index (Phi) is 8.03. The van der Waals surface area contributed by atoms with Crippen molar-refractivity contribution in [3.05, 3.63) is 72.1 Å². The number of hydrogen-bond acceptors (Lipinski definition) is 9. The zero-order chi connectivity index (χ0) is 29.2. The van der Waals surface area contributed by atoms with E-state index in [0.29, 0.717) is 34.4 Å². The average Bonchev–Trinajstić information content (AvgIpc) is 2.99. The second kappa shape index (κ2) is 12.2. The van der Waals surface area contributed by atoms with Crippen molar-refractivity contribution in [1.29, 1.82) is 5.41 Å². The molecule has 0 amide bonds. The van der Waals surface area contributed by atoms with Crippen LogP contribution in [0.3, 0.4) is 0 Å². The summed E-state index contributed by atoms with van der Waals surface area (Å²) in [5, 5.41) is 16.0. The first-order chi connectivity index (χ1) is 21.0. The zero-order valence-corrected chi connectivity index (χ0v) is 25.0. The van der Waals surface area contributed by atoms with E-state index in [0.717, 1.165) is 55.0 Å². The highest BCUT2D eigenvalue weighted by Gasteiger charge is 2.48. The first-order valence-electron chi connectivity index (χ1n) is 16.0. The molecule has 4 aliphatic rings. The van der Waals surface area contributed by atoms with E-state index in [1.165, 1.54) is 64.7 Å². The van der Waals surface area contributed by atoms with Gasteiger partial charge in [0.15, 0.2) is 0 Å². The van der Waals surface area contributed by atoms with Crippen LogP contribution >= 0.6 is 0 Å². The Morgan fingerprint density at radius 2 is 1.65 bits per heavy atom. The van der Waals surface area contributed by atoms with Crippen LogP contribution in [0.5, 0.6) is 11.5 Å². The number of benzene rings is 2. The van der Waals surface area contributed by atoms with Crippen LogP contribution in [0.15, 0.2) is 60.9 Å². The summed E-state index contributed by atoms with van der Waals surface area (Å²) < 4.78 is 5.92. The van der Waals surface area contributed by atoms with Gasteiger partial charge in [-0.2, -0.15) is 0 Å². The minimum atomic E-state index is 0.303. The van der Waals surface area contributed by atoms with Crippen molar-refractivity contribution in [3.63, 3.8) is 0 Å². The van der Waals surface area contributed by atoms with Gasteiger partial charge in [0, 0.05) is 50.4 Å². The molecular formula is C34H44N8O. The number of hydrogen-bond donors (Lipinski definition) is 4. The first kappa shape index (κ1) is 28.3. The largest absolute Gasteiger partial charge is 0.457 e. The highest BCUT2D eigenvalue weighted by molar-refractivity contribution is 6.16. The number of ether oxygens (including phenoxy) is 1. The number of para-hydroxylation sites is 1. The summed E-state index contributed by atoms with van der Waals surface area (Å²) in [6.45, 7) is 8.51. The number of nitrogen functional groups attached to an aromatic ring is 1. The maximum absolute atomic E-state index is 8.98. The molecule has 1 aromatic heterocycles. The molecule has 3 saturated heterocycles. The Labute approximate surface area is 254 Å². The van der Waals surface area contributed by atoms with Crippen LogP contribution in [0.1, 0.15) is 49.7 Å². The molecule has 0 radical (unpaired) electrons. The van der Waals surface area contributed by atoms with E-state index in [1.54, 1.807) is 0 Å². The molecule has 4 heterocycles. The van der Waals surface area contributed by atoms with Crippen molar-refractivity contribution < 1.29 is 4.74 Å². The van der Waals surface area contributed by atoms with E-state index in [1.807, 2.05) is 54.6 Å². The molecule has 9 nitrogen and oxygen atoms in total. The van der Waals surface area contributed by atoms with Crippen molar-refractivity contribution in [1.82, 2.24) is 25.1 Å². The lowest BCUT2D eigenvalue weighted by Crippen LogP contribution is -2.58. The second-order valence-corrected chi connectivity index (χ2v) is 13.1. The van der Waals surface area contributed by atoms with Gasteiger partial charge in [-0.05, 0) is 99.3 Å². The Morgan fingerprint density at radius 1 is 0.953 bits per heavy atom. The van der Waals surface area contributed by atoms with E-state index in [4.69, 9.17) is 15.9 Å². The monoisotopic (exact) mass is 580 g/mol. The molecule has 9 heteroatoms. The van der Waals surface area contributed by atoms with Gasteiger partial charge in [0.05, 0.1) is 11.3 Å². The summed E-state index contributed by atoms with van der Waals surface area (Å²) in [6, 6.07) is 18.3. The van der Waals surface area contributed by atoms with Gasteiger partial charge in [-0.3, -0.25) is 5.41 Å². The standard InChI is InChI=1S/C34H44N8O/c35-31(25-6-8-29(9-7-25)43-28-4-2-1-3-5-28)30-32(36)38-23-39-33(30)40-26-10-14-42(15-11-26)27-18-34(19-27)12-16-41(17-13-34)22-24-20-37-21-24/h1-9,23-24,26-27,35,37H,10-22H2,(H3,36,38,39,40). The quantitative estimate of drug-likeness (QED) is 0.271. The van der Waals surface area contributed by atoms with Crippen LogP contribution in [-0.4, -0.2) is 83.4 Å². The molecule has 3 aromatic rings. The molecule has 3 aliphatic heterocycles. The van der Waals surface area contributed by atoms with Crippen LogP contribution in [0.25, 0.3) is 0 Å². The van der Waals surface area contributed by atoms with Gasteiger partial charge in [0.25, 0.3) is 0 Å². The van der Waals surface area contributed by atoms with Crippen LogP contribution in [-0.2, 0) is 0 Å². The SMILES string of the molecule is N=C(c1ccc(Oc2ccccc2)cc1)c1c(N)ncnc1NC1CCN(C2CC3(CCN(CC4CNC4)CC3)C2)CC1. The molecule has 1 saturated carbocycles. The number of piperidine rings is 2. The van der Waals surface area contributed by atoms with Crippen LogP contribution in [0.4, 0.5) is 11.6 Å². The van der Waals surface area contributed by atoms with Crippen molar-refractivity contribution in [2.75, 3.05) is 56.9 Å². The summed E-state index contributed by atoms with van der Waals surface area (Å²) in [5.74, 6) is 3.34. The van der Waals surface area contributed by atoms with Gasteiger partial charge in [-0.1, -0.05) is 18.2 Å². The molecule has 226 valence electrons. The second-order valence-electron chi connectivity index (χ2n) is 13.1. The maximum atomic E-state index is 8.98. The summed E-state index contributed by atoms with van der Waals surface area (Å²) in [6.07, 6.45) is 9.14. The lowest BCUT2D eigenvalue weighted by atomic mass is 9.59. The third kappa shape index (κ3) is 6.25. The van der Waals surface area contributed by atoms with E-state index in [2.05, 4.69) is 30.4 Å². The molecule has 43 heavy (non-hydrogen) atoms. The zero-order valence-electron chi connectivity index (χ0n) is 25.0. The van der Waals surface area contributed by atoms with Crippen LogP contribution in [0, 0.1) is 16.7 Å². The normalized spacial score (nSPS) is 21.7. The number of nitrogens with two attached hydrogens (primary N) is 1. The van der Waals surface area contributed by atoms with Crippen LogP contribution < -0.4 is 21.1 Å². The topological polar surface area (TPSA) is 115 Å². The Morgan fingerprint density at radius 3 is 2.33 bits per heavy atom. The molecule has 0 atom stereocenters. The van der Waals surface area contributed by atoms with Gasteiger partial charge in [0.2, 0.25) is 0 Å². The maximum Gasteiger partial charge on any atom is 0.141 e. The van der Waals surface area contributed by atoms with Crippen molar-refractivity contribution in [2.45, 2.75) is 50.6 Å². The van der Waals surface area contributed by atoms with Crippen LogP contribution in [0.2, 0.25) is 0 Å². The predicted molar refractivity (Wildman–Crippen MR) is 171 cm³/mol. The highest BCUT2D eigenvalue weighted by atomic mass is 16.5. The van der Waals surface area contributed by atoms with E-state index >= 15 is 0 Å². The molecule has 7 rings (SSSR count). The average molecular weight is 581 g/mol. The first-order valence-corrected chi connectivity index (χ1v) is 16.0. The number of anilines is 2. The smallest absolute Gasteiger partial charge is 0.141 e. The van der Waals surface area contributed by atoms with Crippen molar-refractivity contribution in [2.24, 2.45) is 11.3 Å². The minimum Gasteiger partial charge on any atom is -0.457 e. The molecule has 2 aromatic carbocycles. The highest BCUT2D eigenvalue weighted by Crippen LogP contribution is 2.51.